The molecule has 1 heterocycles. The van der Waals surface area contributed by atoms with E-state index in [1.54, 1.807) is 12.1 Å². The summed E-state index contributed by atoms with van der Waals surface area (Å²) in [6.45, 7) is 3.05. The SMILES string of the molecule is CCCCCNc1ccc(NC(=O)Nc2ccccc2)nn1. The van der Waals surface area contributed by atoms with E-state index in [4.69, 9.17) is 0 Å². The molecule has 0 aliphatic rings. The average Bonchev–Trinajstić information content (AvgIpc) is 2.54. The maximum atomic E-state index is 11.8. The molecular formula is C16H21N5O. The zero-order chi connectivity index (χ0) is 15.6. The van der Waals surface area contributed by atoms with E-state index < -0.39 is 0 Å². The molecule has 2 aromatic rings. The molecule has 3 N–H and O–H groups in total. The third kappa shape index (κ3) is 5.40. The van der Waals surface area contributed by atoms with Gasteiger partial charge in [0.1, 0.15) is 5.82 Å². The number of carbonyl (C=O) groups excluding carboxylic acids is 1. The number of rotatable bonds is 7. The molecule has 1 aromatic heterocycles. The van der Waals surface area contributed by atoms with Gasteiger partial charge in [-0.2, -0.15) is 0 Å². The molecule has 2 amide bonds. The Bertz CT molecular complexity index is 571. The van der Waals surface area contributed by atoms with Crippen LogP contribution in [-0.2, 0) is 0 Å². The number of unbranched alkanes of at least 4 members (excludes halogenated alkanes) is 2. The van der Waals surface area contributed by atoms with Crippen LogP contribution in [0.4, 0.5) is 22.1 Å². The van der Waals surface area contributed by atoms with Gasteiger partial charge in [0.25, 0.3) is 0 Å². The lowest BCUT2D eigenvalue weighted by molar-refractivity contribution is 0.262. The summed E-state index contributed by atoms with van der Waals surface area (Å²) in [6, 6.07) is 12.4. The molecule has 0 spiro atoms. The Labute approximate surface area is 130 Å². The molecule has 0 unspecified atom stereocenters. The number of urea groups is 1. The normalized spacial score (nSPS) is 10.0. The Morgan fingerprint density at radius 2 is 1.68 bits per heavy atom. The summed E-state index contributed by atoms with van der Waals surface area (Å²) in [7, 11) is 0. The summed E-state index contributed by atoms with van der Waals surface area (Å²) in [5.41, 5.74) is 0.724. The third-order valence-corrected chi connectivity index (χ3v) is 3.02. The Balaban J connectivity index is 1.79. The van der Waals surface area contributed by atoms with Gasteiger partial charge in [0.15, 0.2) is 5.82 Å². The van der Waals surface area contributed by atoms with Gasteiger partial charge in [0, 0.05) is 12.2 Å². The van der Waals surface area contributed by atoms with E-state index in [1.807, 2.05) is 30.3 Å². The monoisotopic (exact) mass is 299 g/mol. The van der Waals surface area contributed by atoms with Crippen molar-refractivity contribution in [3.8, 4) is 0 Å². The van der Waals surface area contributed by atoms with Crippen LogP contribution in [0.25, 0.3) is 0 Å². The van der Waals surface area contributed by atoms with Crippen molar-refractivity contribution in [3.05, 3.63) is 42.5 Å². The number of benzene rings is 1. The smallest absolute Gasteiger partial charge is 0.324 e. The van der Waals surface area contributed by atoms with Crippen LogP contribution in [0.1, 0.15) is 26.2 Å². The van der Waals surface area contributed by atoms with E-state index in [-0.39, 0.29) is 6.03 Å². The first-order chi connectivity index (χ1) is 10.8. The highest BCUT2D eigenvalue weighted by atomic mass is 16.2. The fourth-order valence-electron chi connectivity index (χ4n) is 1.88. The number of hydrogen-bond donors (Lipinski definition) is 3. The maximum Gasteiger partial charge on any atom is 0.324 e. The molecule has 1 aromatic carbocycles. The van der Waals surface area contributed by atoms with Crippen LogP contribution in [0.5, 0.6) is 0 Å². The molecule has 22 heavy (non-hydrogen) atoms. The summed E-state index contributed by atoms with van der Waals surface area (Å²) in [5, 5.41) is 16.6. The molecule has 0 radical (unpaired) electrons. The van der Waals surface area contributed by atoms with Crippen molar-refractivity contribution in [1.29, 1.82) is 0 Å². The minimum atomic E-state index is -0.343. The number of nitrogens with zero attached hydrogens (tertiary/aromatic N) is 2. The minimum Gasteiger partial charge on any atom is -0.369 e. The Hall–Kier alpha value is -2.63. The Kier molecular flexibility index (Phi) is 6.17. The van der Waals surface area contributed by atoms with Crippen LogP contribution in [-0.4, -0.2) is 22.8 Å². The molecule has 0 saturated heterocycles. The number of anilines is 3. The summed E-state index contributed by atoms with van der Waals surface area (Å²) < 4.78 is 0. The van der Waals surface area contributed by atoms with Crippen LogP contribution in [0.15, 0.2) is 42.5 Å². The van der Waals surface area contributed by atoms with Gasteiger partial charge in [0.2, 0.25) is 0 Å². The number of amides is 2. The lowest BCUT2D eigenvalue weighted by atomic mass is 10.2. The van der Waals surface area contributed by atoms with Gasteiger partial charge >= 0.3 is 6.03 Å². The lowest BCUT2D eigenvalue weighted by Gasteiger charge is -2.07. The average molecular weight is 299 g/mol. The van der Waals surface area contributed by atoms with Crippen molar-refractivity contribution in [2.75, 3.05) is 22.5 Å². The van der Waals surface area contributed by atoms with Crippen molar-refractivity contribution in [1.82, 2.24) is 10.2 Å². The van der Waals surface area contributed by atoms with Crippen LogP contribution in [0.3, 0.4) is 0 Å². The molecule has 6 heteroatoms. The molecule has 0 aliphatic heterocycles. The second-order valence-electron chi connectivity index (χ2n) is 4.88. The van der Waals surface area contributed by atoms with Crippen molar-refractivity contribution in [2.45, 2.75) is 26.2 Å². The van der Waals surface area contributed by atoms with Gasteiger partial charge in [-0.05, 0) is 30.7 Å². The highest BCUT2D eigenvalue weighted by molar-refractivity contribution is 5.99. The standard InChI is InChI=1S/C16H21N5O/c1-2-3-7-12-17-14-10-11-15(21-20-14)19-16(22)18-13-8-5-4-6-9-13/h4-6,8-11H,2-3,7,12H2,1H3,(H,17,20)(H2,18,19,21,22). The van der Waals surface area contributed by atoms with Gasteiger partial charge in [-0.15, -0.1) is 10.2 Å². The van der Waals surface area contributed by atoms with E-state index in [9.17, 15) is 4.79 Å². The van der Waals surface area contributed by atoms with Crippen molar-refractivity contribution < 1.29 is 4.79 Å². The first kappa shape index (κ1) is 15.8. The summed E-state index contributed by atoms with van der Waals surface area (Å²) in [6.07, 6.45) is 3.49. The number of para-hydroxylation sites is 1. The van der Waals surface area contributed by atoms with E-state index >= 15 is 0 Å². The summed E-state index contributed by atoms with van der Waals surface area (Å²) >= 11 is 0. The van der Waals surface area contributed by atoms with Crippen molar-refractivity contribution in [3.63, 3.8) is 0 Å². The van der Waals surface area contributed by atoms with Crippen LogP contribution in [0.2, 0.25) is 0 Å². The molecule has 0 saturated carbocycles. The van der Waals surface area contributed by atoms with Gasteiger partial charge in [-0.3, -0.25) is 5.32 Å². The Morgan fingerprint density at radius 3 is 2.36 bits per heavy atom. The quantitative estimate of drug-likeness (QED) is 0.681. The number of hydrogen-bond acceptors (Lipinski definition) is 4. The first-order valence-electron chi connectivity index (χ1n) is 7.48. The van der Waals surface area contributed by atoms with Crippen molar-refractivity contribution >= 4 is 23.4 Å². The molecule has 0 fully saturated rings. The van der Waals surface area contributed by atoms with Gasteiger partial charge in [-0.25, -0.2) is 4.79 Å². The molecule has 0 atom stereocenters. The van der Waals surface area contributed by atoms with Gasteiger partial charge in [-0.1, -0.05) is 38.0 Å². The third-order valence-electron chi connectivity index (χ3n) is 3.02. The number of carbonyl (C=O) groups is 1. The molecular weight excluding hydrogens is 278 g/mol. The predicted molar refractivity (Wildman–Crippen MR) is 89.1 cm³/mol. The van der Waals surface area contributed by atoms with Gasteiger partial charge in [0.05, 0.1) is 0 Å². The first-order valence-corrected chi connectivity index (χ1v) is 7.48. The fourth-order valence-corrected chi connectivity index (χ4v) is 1.88. The second kappa shape index (κ2) is 8.61. The minimum absolute atomic E-state index is 0.343. The molecule has 2 rings (SSSR count). The molecule has 116 valence electrons. The summed E-state index contributed by atoms with van der Waals surface area (Å²) in [4.78, 5) is 11.8. The highest BCUT2D eigenvalue weighted by Crippen LogP contribution is 2.09. The van der Waals surface area contributed by atoms with E-state index in [0.717, 1.165) is 18.7 Å². The largest absolute Gasteiger partial charge is 0.369 e. The molecule has 0 bridgehead atoms. The van der Waals surface area contributed by atoms with E-state index in [2.05, 4.69) is 33.1 Å². The van der Waals surface area contributed by atoms with Crippen LogP contribution >= 0.6 is 0 Å². The highest BCUT2D eigenvalue weighted by Gasteiger charge is 2.04. The molecule has 0 aliphatic carbocycles. The van der Waals surface area contributed by atoms with E-state index in [0.29, 0.717) is 11.6 Å². The fraction of sp³-hybridized carbons (Fsp3) is 0.312. The lowest BCUT2D eigenvalue weighted by Crippen LogP contribution is -2.20. The Morgan fingerprint density at radius 1 is 0.955 bits per heavy atom. The number of aromatic nitrogens is 2. The molecule has 6 nitrogen and oxygen atoms in total. The topological polar surface area (TPSA) is 78.9 Å². The van der Waals surface area contributed by atoms with Crippen LogP contribution < -0.4 is 16.0 Å². The zero-order valence-electron chi connectivity index (χ0n) is 12.7. The maximum absolute atomic E-state index is 11.8. The predicted octanol–water partition coefficient (Wildman–Crippen LogP) is 3.72. The van der Waals surface area contributed by atoms with Crippen molar-refractivity contribution in [2.24, 2.45) is 0 Å². The summed E-state index contributed by atoms with van der Waals surface area (Å²) in [5.74, 6) is 1.12. The zero-order valence-corrected chi connectivity index (χ0v) is 12.7. The van der Waals surface area contributed by atoms with Crippen LogP contribution in [0, 0.1) is 0 Å². The second-order valence-corrected chi connectivity index (χ2v) is 4.88. The van der Waals surface area contributed by atoms with Gasteiger partial charge < -0.3 is 10.6 Å². The number of nitrogens with one attached hydrogen (secondary N) is 3. The van der Waals surface area contributed by atoms with E-state index in [1.165, 1.54) is 12.8 Å².